The number of rotatable bonds is 4. The van der Waals surface area contributed by atoms with E-state index in [-0.39, 0.29) is 11.2 Å². The molecule has 3 fully saturated rings. The van der Waals surface area contributed by atoms with Crippen LogP contribution in [0.15, 0.2) is 54.6 Å². The molecule has 0 amide bonds. The van der Waals surface area contributed by atoms with E-state index < -0.39 is 12.7 Å². The number of benzene rings is 2. The van der Waals surface area contributed by atoms with Crippen molar-refractivity contribution in [2.45, 2.75) is 88.8 Å². The molecule has 4 nitrogen and oxygen atoms in total. The molecule has 2 atom stereocenters. The molecule has 2 aromatic carbocycles. The van der Waals surface area contributed by atoms with Crippen LogP contribution < -0.4 is 5.46 Å². The van der Waals surface area contributed by atoms with Gasteiger partial charge >= 0.3 is 7.12 Å². The average molecular weight is 419 g/mol. The number of fused-ring (bicyclic) bond motifs is 2. The van der Waals surface area contributed by atoms with Crippen LogP contribution in [0.25, 0.3) is 0 Å². The molecule has 0 spiro atoms. The highest BCUT2D eigenvalue weighted by atomic mass is 16.7. The lowest BCUT2D eigenvalue weighted by Gasteiger charge is -2.44. The minimum Gasteiger partial charge on any atom is -0.399 e. The Morgan fingerprint density at radius 1 is 0.903 bits per heavy atom. The smallest absolute Gasteiger partial charge is 0.399 e. The summed E-state index contributed by atoms with van der Waals surface area (Å²) < 4.78 is 12.5. The summed E-state index contributed by atoms with van der Waals surface area (Å²) in [6, 6.07) is 19.8. The van der Waals surface area contributed by atoms with Gasteiger partial charge in [-0.2, -0.15) is 0 Å². The van der Waals surface area contributed by atoms with E-state index in [1.165, 1.54) is 5.56 Å². The van der Waals surface area contributed by atoms with Gasteiger partial charge in [0.05, 0.1) is 16.8 Å². The van der Waals surface area contributed by atoms with E-state index in [4.69, 9.17) is 9.31 Å². The summed E-state index contributed by atoms with van der Waals surface area (Å²) in [5.41, 5.74) is 1.81. The molecule has 0 radical (unpaired) electrons. The summed E-state index contributed by atoms with van der Waals surface area (Å²) in [6.07, 6.45) is 3.89. The highest BCUT2D eigenvalue weighted by Gasteiger charge is 2.52. The van der Waals surface area contributed by atoms with Gasteiger partial charge in [-0.3, -0.25) is 4.90 Å². The zero-order valence-corrected chi connectivity index (χ0v) is 19.2. The third-order valence-corrected chi connectivity index (χ3v) is 8.08. The second-order valence-electron chi connectivity index (χ2n) is 10.7. The molecule has 0 saturated carbocycles. The first-order valence-electron chi connectivity index (χ1n) is 11.7. The van der Waals surface area contributed by atoms with Crippen LogP contribution in [0.5, 0.6) is 0 Å². The van der Waals surface area contributed by atoms with Crippen LogP contribution >= 0.6 is 0 Å². The maximum atomic E-state index is 11.8. The fraction of sp³-hybridized carbons (Fsp3) is 0.538. The van der Waals surface area contributed by atoms with Crippen molar-refractivity contribution >= 4 is 12.6 Å². The SMILES string of the molecule is CC1(C)OB(c2cccc(C3(O)CC4CCC(C3)N4Cc3ccccc3)c2)OC1(C)C. The maximum Gasteiger partial charge on any atom is 0.494 e. The van der Waals surface area contributed by atoms with E-state index in [0.717, 1.165) is 43.3 Å². The van der Waals surface area contributed by atoms with Gasteiger partial charge < -0.3 is 14.4 Å². The Morgan fingerprint density at radius 3 is 2.13 bits per heavy atom. The van der Waals surface area contributed by atoms with Gasteiger partial charge in [-0.25, -0.2) is 0 Å². The van der Waals surface area contributed by atoms with Crippen molar-refractivity contribution in [3.8, 4) is 0 Å². The van der Waals surface area contributed by atoms with Crippen LogP contribution in [-0.4, -0.2) is 40.4 Å². The first kappa shape index (κ1) is 21.2. The van der Waals surface area contributed by atoms with Crippen molar-refractivity contribution in [3.05, 3.63) is 65.7 Å². The molecule has 2 aromatic rings. The highest BCUT2D eigenvalue weighted by Crippen LogP contribution is 2.46. The van der Waals surface area contributed by atoms with Gasteiger partial charge in [-0.1, -0.05) is 54.6 Å². The summed E-state index contributed by atoms with van der Waals surface area (Å²) >= 11 is 0. The Kier molecular flexibility index (Phi) is 5.09. The first-order chi connectivity index (χ1) is 14.7. The van der Waals surface area contributed by atoms with E-state index >= 15 is 0 Å². The molecule has 3 aliphatic rings. The molecule has 164 valence electrons. The number of nitrogens with zero attached hydrogens (tertiary/aromatic N) is 1. The molecule has 0 aromatic heterocycles. The number of hydrogen-bond donors (Lipinski definition) is 1. The van der Waals surface area contributed by atoms with Gasteiger partial charge in [0, 0.05) is 18.6 Å². The Balaban J connectivity index is 1.35. The van der Waals surface area contributed by atoms with Crippen LogP contribution in [0, 0.1) is 0 Å². The van der Waals surface area contributed by atoms with E-state index in [1.54, 1.807) is 0 Å². The van der Waals surface area contributed by atoms with Gasteiger partial charge in [-0.05, 0) is 70.0 Å². The van der Waals surface area contributed by atoms with Crippen molar-refractivity contribution in [1.82, 2.24) is 4.90 Å². The van der Waals surface area contributed by atoms with Crippen LogP contribution in [0.2, 0.25) is 0 Å². The van der Waals surface area contributed by atoms with Gasteiger partial charge in [0.25, 0.3) is 0 Å². The molecule has 2 bridgehead atoms. The van der Waals surface area contributed by atoms with Crippen molar-refractivity contribution in [3.63, 3.8) is 0 Å². The second-order valence-corrected chi connectivity index (χ2v) is 10.7. The van der Waals surface area contributed by atoms with Gasteiger partial charge in [-0.15, -0.1) is 0 Å². The van der Waals surface area contributed by atoms with E-state index in [1.807, 2.05) is 12.1 Å². The summed E-state index contributed by atoms with van der Waals surface area (Å²) in [5.74, 6) is 0. The lowest BCUT2D eigenvalue weighted by Crippen LogP contribution is -2.49. The molecule has 1 N–H and O–H groups in total. The second kappa shape index (κ2) is 7.45. The Hall–Kier alpha value is -1.66. The van der Waals surface area contributed by atoms with E-state index in [9.17, 15) is 5.11 Å². The van der Waals surface area contributed by atoms with Crippen molar-refractivity contribution in [2.75, 3.05) is 0 Å². The van der Waals surface area contributed by atoms with Crippen molar-refractivity contribution in [2.24, 2.45) is 0 Å². The quantitative estimate of drug-likeness (QED) is 0.761. The largest absolute Gasteiger partial charge is 0.494 e. The van der Waals surface area contributed by atoms with E-state index in [2.05, 4.69) is 75.1 Å². The van der Waals surface area contributed by atoms with Crippen LogP contribution in [0.3, 0.4) is 0 Å². The molecular formula is C26H34BNO3. The topological polar surface area (TPSA) is 41.9 Å². The van der Waals surface area contributed by atoms with Gasteiger partial charge in [0.2, 0.25) is 0 Å². The molecule has 0 aliphatic carbocycles. The van der Waals surface area contributed by atoms with E-state index in [0.29, 0.717) is 12.1 Å². The molecule has 5 rings (SSSR count). The predicted molar refractivity (Wildman–Crippen MR) is 124 cm³/mol. The molecule has 2 unspecified atom stereocenters. The molecule has 5 heteroatoms. The molecule has 3 saturated heterocycles. The standard InChI is InChI=1S/C26H34BNO3/c1-24(2)25(3,4)31-27(30-24)21-12-8-11-20(15-21)26(29)16-22-13-14-23(17-26)28(22)18-19-9-6-5-7-10-19/h5-12,15,22-23,29H,13-14,16-18H2,1-4H3. The number of hydrogen-bond acceptors (Lipinski definition) is 4. The summed E-state index contributed by atoms with van der Waals surface area (Å²) in [5, 5.41) is 11.8. The monoisotopic (exact) mass is 419 g/mol. The number of piperidine rings is 1. The minimum atomic E-state index is -0.793. The predicted octanol–water partition coefficient (Wildman–Crippen LogP) is 4.00. The lowest BCUT2D eigenvalue weighted by molar-refractivity contribution is -0.0594. The molecule has 31 heavy (non-hydrogen) atoms. The van der Waals surface area contributed by atoms with Gasteiger partial charge in [0.1, 0.15) is 0 Å². The average Bonchev–Trinajstić information content (AvgIpc) is 3.10. The third-order valence-electron chi connectivity index (χ3n) is 8.08. The fourth-order valence-corrected chi connectivity index (χ4v) is 5.56. The van der Waals surface area contributed by atoms with Crippen LogP contribution in [0.4, 0.5) is 0 Å². The maximum absolute atomic E-state index is 11.8. The molecular weight excluding hydrogens is 385 g/mol. The Bertz CT molecular complexity index is 915. The first-order valence-corrected chi connectivity index (χ1v) is 11.7. The summed E-state index contributed by atoms with van der Waals surface area (Å²) in [6.45, 7) is 9.27. The van der Waals surface area contributed by atoms with Crippen LogP contribution in [-0.2, 0) is 21.5 Å². The Labute approximate surface area is 186 Å². The zero-order chi connectivity index (χ0) is 21.9. The number of aliphatic hydroxyl groups is 1. The van der Waals surface area contributed by atoms with Gasteiger partial charge in [0.15, 0.2) is 0 Å². The third kappa shape index (κ3) is 3.76. The molecule has 3 aliphatic heterocycles. The van der Waals surface area contributed by atoms with Crippen LogP contribution in [0.1, 0.15) is 64.5 Å². The summed E-state index contributed by atoms with van der Waals surface area (Å²) in [7, 11) is -0.400. The molecule has 3 heterocycles. The fourth-order valence-electron chi connectivity index (χ4n) is 5.56. The lowest BCUT2D eigenvalue weighted by atomic mass is 9.74. The highest BCUT2D eigenvalue weighted by molar-refractivity contribution is 6.62. The zero-order valence-electron chi connectivity index (χ0n) is 19.2. The summed E-state index contributed by atoms with van der Waals surface area (Å²) in [4.78, 5) is 2.61. The minimum absolute atomic E-state index is 0.369. The van der Waals surface area contributed by atoms with Crippen molar-refractivity contribution in [1.29, 1.82) is 0 Å². The van der Waals surface area contributed by atoms with Crippen molar-refractivity contribution < 1.29 is 14.4 Å². The Morgan fingerprint density at radius 2 is 1.52 bits per heavy atom. The normalized spacial score (nSPS) is 31.8.